The number of benzene rings is 1. The number of nitrogens with one attached hydrogen (secondary N) is 2. The summed E-state index contributed by atoms with van der Waals surface area (Å²) in [7, 11) is 0. The van der Waals surface area contributed by atoms with Crippen molar-refractivity contribution in [2.24, 2.45) is 5.92 Å². The van der Waals surface area contributed by atoms with E-state index in [9.17, 15) is 9.18 Å². The van der Waals surface area contributed by atoms with Gasteiger partial charge in [0.2, 0.25) is 0 Å². The van der Waals surface area contributed by atoms with E-state index in [2.05, 4.69) is 20.6 Å². The number of hydrogen-bond donors (Lipinski definition) is 2. The van der Waals surface area contributed by atoms with E-state index < -0.39 is 5.82 Å². The molecule has 0 spiro atoms. The van der Waals surface area contributed by atoms with Crippen molar-refractivity contribution in [3.63, 3.8) is 0 Å². The lowest BCUT2D eigenvalue weighted by atomic mass is 10.0. The molecular weight excluding hydrogens is 271 g/mol. The topological polar surface area (TPSA) is 66.9 Å². The van der Waals surface area contributed by atoms with E-state index in [0.29, 0.717) is 23.5 Å². The van der Waals surface area contributed by atoms with Gasteiger partial charge in [0.05, 0.1) is 22.5 Å². The van der Waals surface area contributed by atoms with Gasteiger partial charge in [0.25, 0.3) is 5.91 Å². The van der Waals surface area contributed by atoms with Crippen LogP contribution in [-0.4, -0.2) is 35.5 Å². The fraction of sp³-hybridized carbons (Fsp3) is 0.400. The summed E-state index contributed by atoms with van der Waals surface area (Å²) in [6, 6.07) is 2.53. The molecule has 0 unspecified atom stereocenters. The van der Waals surface area contributed by atoms with Gasteiger partial charge in [0.15, 0.2) is 0 Å². The molecule has 5 nitrogen and oxygen atoms in total. The quantitative estimate of drug-likeness (QED) is 0.894. The summed E-state index contributed by atoms with van der Waals surface area (Å²) in [5.41, 5.74) is 2.58. The maximum Gasteiger partial charge on any atom is 0.253 e. The highest BCUT2D eigenvalue weighted by molar-refractivity contribution is 6.04. The molecule has 1 aliphatic rings. The molecule has 2 N–H and O–H groups in total. The van der Waals surface area contributed by atoms with Gasteiger partial charge in [-0.2, -0.15) is 0 Å². The molecule has 2 heterocycles. The highest BCUT2D eigenvalue weighted by Gasteiger charge is 2.20. The van der Waals surface area contributed by atoms with Gasteiger partial charge < -0.3 is 10.6 Å². The number of nitrogens with zero attached hydrogens (tertiary/aromatic N) is 2. The zero-order chi connectivity index (χ0) is 15.0. The summed E-state index contributed by atoms with van der Waals surface area (Å²) in [6.07, 6.45) is 0. The van der Waals surface area contributed by atoms with Crippen LogP contribution in [0.25, 0.3) is 11.0 Å². The third-order valence-corrected chi connectivity index (χ3v) is 3.81. The van der Waals surface area contributed by atoms with Gasteiger partial charge in [0.1, 0.15) is 11.3 Å². The van der Waals surface area contributed by atoms with Crippen LogP contribution in [0.2, 0.25) is 0 Å². The molecule has 6 heteroatoms. The Hall–Kier alpha value is -2.08. The largest absolute Gasteiger partial charge is 0.352 e. The van der Waals surface area contributed by atoms with Crippen molar-refractivity contribution in [1.82, 2.24) is 20.6 Å². The minimum Gasteiger partial charge on any atom is -0.352 e. The van der Waals surface area contributed by atoms with Crippen LogP contribution in [0.4, 0.5) is 4.39 Å². The maximum atomic E-state index is 13.7. The highest BCUT2D eigenvalue weighted by atomic mass is 19.1. The second-order valence-corrected chi connectivity index (χ2v) is 5.45. The lowest BCUT2D eigenvalue weighted by Gasteiger charge is -2.27. The van der Waals surface area contributed by atoms with Crippen molar-refractivity contribution >= 4 is 16.9 Å². The minimum atomic E-state index is -0.476. The molecular formula is C15H17FN4O. The Morgan fingerprint density at radius 3 is 2.71 bits per heavy atom. The molecule has 1 aliphatic heterocycles. The number of aryl methyl sites for hydroxylation is 2. The standard InChI is InChI=1S/C15H17FN4O/c1-8-9(2)20-14-12(3-11(16)4-13(14)19-8)15(21)18-7-10-5-17-6-10/h3-4,10,17H,5-7H2,1-2H3,(H,18,21). The summed E-state index contributed by atoms with van der Waals surface area (Å²) in [5, 5.41) is 5.98. The van der Waals surface area contributed by atoms with Crippen molar-refractivity contribution < 1.29 is 9.18 Å². The van der Waals surface area contributed by atoms with E-state index in [1.807, 2.05) is 13.8 Å². The average molecular weight is 288 g/mol. The van der Waals surface area contributed by atoms with Crippen LogP contribution < -0.4 is 10.6 Å². The molecule has 0 saturated carbocycles. The monoisotopic (exact) mass is 288 g/mol. The SMILES string of the molecule is Cc1nc2cc(F)cc(C(=O)NCC3CNC3)c2nc1C. The van der Waals surface area contributed by atoms with Crippen molar-refractivity contribution in [2.45, 2.75) is 13.8 Å². The Balaban J connectivity index is 1.95. The Kier molecular flexibility index (Phi) is 3.55. The molecule has 2 aromatic rings. The zero-order valence-electron chi connectivity index (χ0n) is 12.0. The molecule has 1 amide bonds. The Morgan fingerprint density at radius 1 is 1.33 bits per heavy atom. The predicted octanol–water partition coefficient (Wildman–Crippen LogP) is 1.33. The molecule has 1 fully saturated rings. The van der Waals surface area contributed by atoms with Crippen LogP contribution in [0.15, 0.2) is 12.1 Å². The van der Waals surface area contributed by atoms with E-state index in [1.165, 1.54) is 12.1 Å². The van der Waals surface area contributed by atoms with E-state index in [-0.39, 0.29) is 11.5 Å². The lowest BCUT2D eigenvalue weighted by molar-refractivity contribution is 0.0943. The van der Waals surface area contributed by atoms with Gasteiger partial charge in [-0.15, -0.1) is 0 Å². The number of hydrogen-bond acceptors (Lipinski definition) is 4. The highest BCUT2D eigenvalue weighted by Crippen LogP contribution is 2.19. The smallest absolute Gasteiger partial charge is 0.253 e. The van der Waals surface area contributed by atoms with Gasteiger partial charge in [-0.1, -0.05) is 0 Å². The summed E-state index contributed by atoms with van der Waals surface area (Å²) < 4.78 is 13.7. The molecule has 1 aromatic heterocycles. The number of carbonyl (C=O) groups is 1. The number of aromatic nitrogens is 2. The van der Waals surface area contributed by atoms with Crippen molar-refractivity contribution in [3.8, 4) is 0 Å². The first-order valence-electron chi connectivity index (χ1n) is 6.98. The van der Waals surface area contributed by atoms with Crippen LogP contribution in [-0.2, 0) is 0 Å². The number of fused-ring (bicyclic) bond motifs is 1. The number of carbonyl (C=O) groups excluding carboxylic acids is 1. The van der Waals surface area contributed by atoms with E-state index in [1.54, 1.807) is 0 Å². The number of amides is 1. The molecule has 0 aliphatic carbocycles. The Bertz CT molecular complexity index is 712. The summed E-state index contributed by atoms with van der Waals surface area (Å²) in [5.74, 6) is -0.330. The lowest BCUT2D eigenvalue weighted by Crippen LogP contribution is -2.48. The van der Waals surface area contributed by atoms with Crippen LogP contribution >= 0.6 is 0 Å². The van der Waals surface area contributed by atoms with Gasteiger partial charge in [-0.3, -0.25) is 4.79 Å². The number of halogens is 1. The van der Waals surface area contributed by atoms with Crippen LogP contribution in [0.3, 0.4) is 0 Å². The van der Waals surface area contributed by atoms with Crippen LogP contribution in [0.5, 0.6) is 0 Å². The second kappa shape index (κ2) is 5.37. The normalized spacial score (nSPS) is 15.0. The molecule has 0 bridgehead atoms. The third kappa shape index (κ3) is 2.71. The van der Waals surface area contributed by atoms with Crippen LogP contribution in [0, 0.1) is 25.6 Å². The van der Waals surface area contributed by atoms with Gasteiger partial charge >= 0.3 is 0 Å². The predicted molar refractivity (Wildman–Crippen MR) is 77.7 cm³/mol. The summed E-state index contributed by atoms with van der Waals surface area (Å²) >= 11 is 0. The van der Waals surface area contributed by atoms with E-state index in [4.69, 9.17) is 0 Å². The molecule has 21 heavy (non-hydrogen) atoms. The first-order chi connectivity index (χ1) is 10.0. The first-order valence-corrected chi connectivity index (χ1v) is 6.98. The second-order valence-electron chi connectivity index (χ2n) is 5.45. The molecule has 0 atom stereocenters. The van der Waals surface area contributed by atoms with Gasteiger partial charge in [-0.25, -0.2) is 14.4 Å². The molecule has 1 saturated heterocycles. The third-order valence-electron chi connectivity index (χ3n) is 3.81. The Morgan fingerprint density at radius 2 is 2.05 bits per heavy atom. The fourth-order valence-electron chi connectivity index (χ4n) is 2.30. The summed E-state index contributed by atoms with van der Waals surface area (Å²) in [6.45, 7) is 6.04. The minimum absolute atomic E-state index is 0.243. The van der Waals surface area contributed by atoms with Gasteiger partial charge in [0, 0.05) is 31.6 Å². The molecule has 1 aromatic carbocycles. The fourth-order valence-corrected chi connectivity index (χ4v) is 2.30. The maximum absolute atomic E-state index is 13.7. The first kappa shape index (κ1) is 13.9. The molecule has 0 radical (unpaired) electrons. The van der Waals surface area contributed by atoms with Crippen molar-refractivity contribution in [2.75, 3.05) is 19.6 Å². The van der Waals surface area contributed by atoms with E-state index in [0.717, 1.165) is 24.5 Å². The average Bonchev–Trinajstić information content (AvgIpc) is 2.38. The van der Waals surface area contributed by atoms with E-state index >= 15 is 0 Å². The van der Waals surface area contributed by atoms with Crippen molar-refractivity contribution in [3.05, 3.63) is 34.9 Å². The zero-order valence-corrected chi connectivity index (χ0v) is 12.0. The summed E-state index contributed by atoms with van der Waals surface area (Å²) in [4.78, 5) is 21.0. The molecule has 3 rings (SSSR count). The van der Waals surface area contributed by atoms with Gasteiger partial charge in [-0.05, 0) is 19.9 Å². The molecule has 110 valence electrons. The Labute approximate surface area is 122 Å². The van der Waals surface area contributed by atoms with Crippen molar-refractivity contribution in [1.29, 1.82) is 0 Å². The van der Waals surface area contributed by atoms with Crippen LogP contribution in [0.1, 0.15) is 21.7 Å². The number of rotatable bonds is 3.